The second-order valence-electron chi connectivity index (χ2n) is 3.43. The van der Waals surface area contributed by atoms with Crippen LogP contribution < -0.4 is 0 Å². The molecule has 1 amide bonds. The number of benzene rings is 1. The maximum atomic E-state index is 12.0. The molecule has 0 bridgehead atoms. The van der Waals surface area contributed by atoms with Gasteiger partial charge in [-0.05, 0) is 35.0 Å². The number of carbonyl (C=O) groups excluding carboxylic acids is 1. The predicted molar refractivity (Wildman–Crippen MR) is 62.8 cm³/mol. The van der Waals surface area contributed by atoms with E-state index in [-0.39, 0.29) is 18.6 Å². The van der Waals surface area contributed by atoms with Crippen molar-refractivity contribution in [1.82, 2.24) is 4.90 Å². The topological polar surface area (TPSA) is 40.5 Å². The number of aliphatic hydroxyl groups excluding tert-OH is 1. The summed E-state index contributed by atoms with van der Waals surface area (Å²) >= 11 is 3.33. The molecule has 1 atom stereocenters. The zero-order valence-electron chi connectivity index (χ0n) is 8.77. The van der Waals surface area contributed by atoms with Gasteiger partial charge in [0.25, 0.3) is 5.91 Å². The summed E-state index contributed by atoms with van der Waals surface area (Å²) in [6.45, 7) is 1.77. The molecule has 1 N–H and O–H groups in total. The fourth-order valence-electron chi connectivity index (χ4n) is 1.15. The Bertz CT molecular complexity index is 354. The number of amides is 1. The molecule has 15 heavy (non-hydrogen) atoms. The first-order chi connectivity index (χ1) is 7.07. The van der Waals surface area contributed by atoms with Gasteiger partial charge in [0.2, 0.25) is 0 Å². The smallest absolute Gasteiger partial charge is 0.255 e. The Balaban J connectivity index is 2.90. The minimum Gasteiger partial charge on any atom is -0.394 e. The van der Waals surface area contributed by atoms with E-state index in [9.17, 15) is 4.79 Å². The Morgan fingerprint density at radius 1 is 1.53 bits per heavy atom. The third-order valence-electron chi connectivity index (χ3n) is 2.35. The molecule has 0 radical (unpaired) electrons. The van der Waals surface area contributed by atoms with Crippen LogP contribution in [0.1, 0.15) is 17.3 Å². The maximum absolute atomic E-state index is 12.0. The van der Waals surface area contributed by atoms with E-state index in [4.69, 9.17) is 5.11 Å². The molecule has 0 saturated carbocycles. The number of rotatable bonds is 3. The summed E-state index contributed by atoms with van der Waals surface area (Å²) in [4.78, 5) is 13.5. The Labute approximate surface area is 97.8 Å². The number of hydrogen-bond acceptors (Lipinski definition) is 2. The number of halogens is 1. The molecular weight excluding hydrogens is 258 g/mol. The van der Waals surface area contributed by atoms with Crippen LogP contribution in [0, 0.1) is 0 Å². The van der Waals surface area contributed by atoms with Crippen LogP contribution in [0.4, 0.5) is 0 Å². The lowest BCUT2D eigenvalue weighted by molar-refractivity contribution is 0.0681. The van der Waals surface area contributed by atoms with Crippen molar-refractivity contribution in [1.29, 1.82) is 0 Å². The van der Waals surface area contributed by atoms with Crippen LogP contribution in [0.2, 0.25) is 0 Å². The average molecular weight is 272 g/mol. The van der Waals surface area contributed by atoms with Crippen molar-refractivity contribution in [2.24, 2.45) is 0 Å². The van der Waals surface area contributed by atoms with E-state index in [1.165, 1.54) is 4.90 Å². The van der Waals surface area contributed by atoms with Gasteiger partial charge >= 0.3 is 0 Å². The molecule has 0 aliphatic carbocycles. The molecule has 1 aromatic carbocycles. The van der Waals surface area contributed by atoms with Crippen LogP contribution in [-0.2, 0) is 0 Å². The Hall–Kier alpha value is -0.870. The molecular formula is C11H14BrNO2. The molecule has 0 fully saturated rings. The summed E-state index contributed by atoms with van der Waals surface area (Å²) < 4.78 is 0.770. The normalized spacial score (nSPS) is 12.3. The summed E-state index contributed by atoms with van der Waals surface area (Å²) in [5.41, 5.74) is 0.611. The molecule has 1 rings (SSSR count). The molecule has 1 unspecified atom stereocenters. The number of nitrogens with zero attached hydrogens (tertiary/aromatic N) is 1. The minimum atomic E-state index is -0.176. The van der Waals surface area contributed by atoms with E-state index >= 15 is 0 Å². The highest BCUT2D eigenvalue weighted by Gasteiger charge is 2.18. The molecule has 3 nitrogen and oxygen atoms in total. The highest BCUT2D eigenvalue weighted by atomic mass is 79.9. The van der Waals surface area contributed by atoms with Crippen LogP contribution in [0.3, 0.4) is 0 Å². The predicted octanol–water partition coefficient (Wildman–Crippen LogP) is 1.90. The van der Waals surface area contributed by atoms with Gasteiger partial charge < -0.3 is 10.0 Å². The first-order valence-corrected chi connectivity index (χ1v) is 5.49. The number of aliphatic hydroxyl groups is 1. The maximum Gasteiger partial charge on any atom is 0.255 e. The van der Waals surface area contributed by atoms with Crippen molar-refractivity contribution in [2.45, 2.75) is 13.0 Å². The van der Waals surface area contributed by atoms with E-state index in [1.807, 2.05) is 18.2 Å². The SMILES string of the molecule is CC(CO)N(C)C(=O)c1ccccc1Br. The van der Waals surface area contributed by atoms with Crippen molar-refractivity contribution in [3.05, 3.63) is 34.3 Å². The lowest BCUT2D eigenvalue weighted by atomic mass is 10.2. The standard InChI is InChI=1S/C11H14BrNO2/c1-8(7-14)13(2)11(15)9-5-3-4-6-10(9)12/h3-6,8,14H,7H2,1-2H3. The lowest BCUT2D eigenvalue weighted by Crippen LogP contribution is -2.37. The van der Waals surface area contributed by atoms with Gasteiger partial charge in [-0.25, -0.2) is 0 Å². The Morgan fingerprint density at radius 2 is 2.13 bits per heavy atom. The summed E-state index contributed by atoms with van der Waals surface area (Å²) in [6.07, 6.45) is 0. The van der Waals surface area contributed by atoms with Crippen LogP contribution in [-0.4, -0.2) is 35.6 Å². The van der Waals surface area contributed by atoms with Crippen LogP contribution in [0.25, 0.3) is 0 Å². The van der Waals surface area contributed by atoms with Gasteiger partial charge in [0.1, 0.15) is 0 Å². The summed E-state index contributed by atoms with van der Waals surface area (Å²) in [7, 11) is 1.68. The fourth-order valence-corrected chi connectivity index (χ4v) is 1.60. The largest absolute Gasteiger partial charge is 0.394 e. The van der Waals surface area contributed by atoms with Gasteiger partial charge in [0, 0.05) is 11.5 Å². The van der Waals surface area contributed by atoms with Crippen LogP contribution in [0.15, 0.2) is 28.7 Å². The molecule has 1 aromatic rings. The van der Waals surface area contributed by atoms with Gasteiger partial charge in [-0.15, -0.1) is 0 Å². The molecule has 0 aliphatic rings. The van der Waals surface area contributed by atoms with Gasteiger partial charge in [-0.2, -0.15) is 0 Å². The van der Waals surface area contributed by atoms with Gasteiger partial charge in [0.05, 0.1) is 18.2 Å². The highest BCUT2D eigenvalue weighted by Crippen LogP contribution is 2.18. The summed E-state index contributed by atoms with van der Waals surface area (Å²) in [6, 6.07) is 7.08. The van der Waals surface area contributed by atoms with E-state index in [0.29, 0.717) is 5.56 Å². The molecule has 0 aromatic heterocycles. The minimum absolute atomic E-state index is 0.0350. The molecule has 0 saturated heterocycles. The highest BCUT2D eigenvalue weighted by molar-refractivity contribution is 9.10. The number of carbonyl (C=O) groups is 1. The van der Waals surface area contributed by atoms with Crippen molar-refractivity contribution in [3.8, 4) is 0 Å². The van der Waals surface area contributed by atoms with Crippen molar-refractivity contribution in [3.63, 3.8) is 0 Å². The van der Waals surface area contributed by atoms with Crippen molar-refractivity contribution in [2.75, 3.05) is 13.7 Å². The second kappa shape index (κ2) is 5.28. The zero-order chi connectivity index (χ0) is 11.4. The third-order valence-corrected chi connectivity index (χ3v) is 3.04. The monoisotopic (exact) mass is 271 g/mol. The second-order valence-corrected chi connectivity index (χ2v) is 4.28. The number of hydrogen-bond donors (Lipinski definition) is 1. The summed E-state index contributed by atoms with van der Waals surface area (Å²) in [5.74, 6) is -0.0935. The third kappa shape index (κ3) is 2.79. The van der Waals surface area contributed by atoms with Crippen LogP contribution in [0.5, 0.6) is 0 Å². The molecule has 0 spiro atoms. The lowest BCUT2D eigenvalue weighted by Gasteiger charge is -2.23. The first kappa shape index (κ1) is 12.2. The quantitative estimate of drug-likeness (QED) is 0.913. The van der Waals surface area contributed by atoms with E-state index in [0.717, 1.165) is 4.47 Å². The Kier molecular flexibility index (Phi) is 4.29. The number of likely N-dealkylation sites (N-methyl/N-ethyl adjacent to an activating group) is 1. The van der Waals surface area contributed by atoms with Gasteiger partial charge in [0.15, 0.2) is 0 Å². The first-order valence-electron chi connectivity index (χ1n) is 4.70. The Morgan fingerprint density at radius 3 is 2.67 bits per heavy atom. The average Bonchev–Trinajstić information content (AvgIpc) is 2.26. The molecule has 82 valence electrons. The summed E-state index contributed by atoms with van der Waals surface area (Å²) in [5, 5.41) is 8.96. The van der Waals surface area contributed by atoms with Crippen LogP contribution >= 0.6 is 15.9 Å². The molecule has 4 heteroatoms. The van der Waals surface area contributed by atoms with Crippen molar-refractivity contribution >= 4 is 21.8 Å². The van der Waals surface area contributed by atoms with E-state index in [1.54, 1.807) is 20.0 Å². The van der Waals surface area contributed by atoms with Gasteiger partial charge in [-0.1, -0.05) is 12.1 Å². The fraction of sp³-hybridized carbons (Fsp3) is 0.364. The van der Waals surface area contributed by atoms with E-state index in [2.05, 4.69) is 15.9 Å². The zero-order valence-corrected chi connectivity index (χ0v) is 10.4. The molecule has 0 aliphatic heterocycles. The van der Waals surface area contributed by atoms with Gasteiger partial charge in [-0.3, -0.25) is 4.79 Å². The molecule has 0 heterocycles. The van der Waals surface area contributed by atoms with E-state index < -0.39 is 0 Å². The van der Waals surface area contributed by atoms with Crippen molar-refractivity contribution < 1.29 is 9.90 Å².